The zero-order chi connectivity index (χ0) is 12.1. The Morgan fingerprint density at radius 3 is 2.59 bits per heavy atom. The third-order valence-corrected chi connectivity index (χ3v) is 4.26. The van der Waals surface area contributed by atoms with E-state index in [0.29, 0.717) is 10.0 Å². The Labute approximate surface area is 114 Å². The molecule has 94 valence electrons. The summed E-state index contributed by atoms with van der Waals surface area (Å²) in [5, 5.41) is 4.72. The van der Waals surface area contributed by atoms with Crippen LogP contribution in [0.3, 0.4) is 0 Å². The van der Waals surface area contributed by atoms with Crippen molar-refractivity contribution in [3.63, 3.8) is 0 Å². The fourth-order valence-corrected chi connectivity index (χ4v) is 2.78. The smallest absolute Gasteiger partial charge is 0.0595 e. The average Bonchev–Trinajstić information content (AvgIpc) is 2.35. The summed E-state index contributed by atoms with van der Waals surface area (Å²) in [5.74, 6) is 0.916. The molecule has 0 aliphatic carbocycles. The highest BCUT2D eigenvalue weighted by molar-refractivity contribution is 6.42. The molecule has 0 radical (unpaired) electrons. The molecular weight excluding hydrogens is 253 g/mol. The van der Waals surface area contributed by atoms with Crippen molar-refractivity contribution >= 4 is 23.2 Å². The SMILES string of the molecule is Clc1ccc(CCCC2CCNCC2)cc1Cl. The van der Waals surface area contributed by atoms with Crippen molar-refractivity contribution in [1.82, 2.24) is 5.32 Å². The molecule has 0 spiro atoms. The zero-order valence-corrected chi connectivity index (χ0v) is 11.5. The lowest BCUT2D eigenvalue weighted by Gasteiger charge is -2.22. The lowest BCUT2D eigenvalue weighted by Crippen LogP contribution is -2.27. The second-order valence-corrected chi connectivity index (χ2v) is 5.65. The van der Waals surface area contributed by atoms with E-state index in [9.17, 15) is 0 Å². The van der Waals surface area contributed by atoms with Crippen molar-refractivity contribution < 1.29 is 0 Å². The highest BCUT2D eigenvalue weighted by atomic mass is 35.5. The molecule has 1 N–H and O–H groups in total. The molecule has 17 heavy (non-hydrogen) atoms. The fourth-order valence-electron chi connectivity index (χ4n) is 2.46. The van der Waals surface area contributed by atoms with E-state index < -0.39 is 0 Å². The highest BCUT2D eigenvalue weighted by Gasteiger charge is 2.12. The summed E-state index contributed by atoms with van der Waals surface area (Å²) in [5.41, 5.74) is 1.30. The quantitative estimate of drug-likeness (QED) is 0.860. The summed E-state index contributed by atoms with van der Waals surface area (Å²) in [6.07, 6.45) is 6.37. The summed E-state index contributed by atoms with van der Waals surface area (Å²) in [4.78, 5) is 0. The van der Waals surface area contributed by atoms with Crippen LogP contribution < -0.4 is 5.32 Å². The van der Waals surface area contributed by atoms with Crippen molar-refractivity contribution in [1.29, 1.82) is 0 Å². The molecule has 0 aromatic heterocycles. The van der Waals surface area contributed by atoms with Crippen molar-refractivity contribution in [2.24, 2.45) is 5.92 Å². The predicted octanol–water partition coefficient (Wildman–Crippen LogP) is 4.32. The molecule has 1 nitrogen and oxygen atoms in total. The monoisotopic (exact) mass is 271 g/mol. The first-order valence-corrected chi connectivity index (χ1v) is 7.16. The molecule has 0 amide bonds. The van der Waals surface area contributed by atoms with Crippen LogP contribution in [0.5, 0.6) is 0 Å². The second kappa shape index (κ2) is 6.63. The zero-order valence-electron chi connectivity index (χ0n) is 10.0. The molecule has 1 aromatic rings. The Hall–Kier alpha value is -0.240. The Morgan fingerprint density at radius 2 is 1.88 bits per heavy atom. The highest BCUT2D eigenvalue weighted by Crippen LogP contribution is 2.24. The standard InChI is InChI=1S/C14H19Cl2N/c15-13-5-4-12(10-14(13)16)3-1-2-11-6-8-17-9-7-11/h4-5,10-11,17H,1-3,6-9H2. The molecule has 0 unspecified atom stereocenters. The number of hydrogen-bond donors (Lipinski definition) is 1. The number of benzene rings is 1. The van der Waals surface area contributed by atoms with Crippen LogP contribution in [0.25, 0.3) is 0 Å². The number of nitrogens with one attached hydrogen (secondary N) is 1. The lowest BCUT2D eigenvalue weighted by atomic mass is 9.92. The molecule has 2 rings (SSSR count). The molecular formula is C14H19Cl2N. The van der Waals surface area contributed by atoms with Gasteiger partial charge >= 0.3 is 0 Å². The van der Waals surface area contributed by atoms with Crippen LogP contribution in [0.15, 0.2) is 18.2 Å². The van der Waals surface area contributed by atoms with Crippen molar-refractivity contribution in [3.8, 4) is 0 Å². The van der Waals surface area contributed by atoms with Gasteiger partial charge in [-0.1, -0.05) is 35.7 Å². The van der Waals surface area contributed by atoms with Gasteiger partial charge in [0.25, 0.3) is 0 Å². The van der Waals surface area contributed by atoms with Gasteiger partial charge in [0.15, 0.2) is 0 Å². The summed E-state index contributed by atoms with van der Waals surface area (Å²) in [7, 11) is 0. The van der Waals surface area contributed by atoms with Crippen molar-refractivity contribution in [2.45, 2.75) is 32.1 Å². The van der Waals surface area contributed by atoms with E-state index in [-0.39, 0.29) is 0 Å². The maximum Gasteiger partial charge on any atom is 0.0595 e. The molecule has 1 saturated heterocycles. The number of rotatable bonds is 4. The Morgan fingerprint density at radius 1 is 1.12 bits per heavy atom. The van der Waals surface area contributed by atoms with Gasteiger partial charge in [-0.2, -0.15) is 0 Å². The van der Waals surface area contributed by atoms with Crippen LogP contribution in [0, 0.1) is 5.92 Å². The van der Waals surface area contributed by atoms with Gasteiger partial charge in [0.05, 0.1) is 10.0 Å². The third kappa shape index (κ3) is 4.17. The molecule has 1 heterocycles. The predicted molar refractivity (Wildman–Crippen MR) is 75.0 cm³/mol. The van der Waals surface area contributed by atoms with Gasteiger partial charge < -0.3 is 5.32 Å². The maximum absolute atomic E-state index is 6.00. The number of hydrogen-bond acceptors (Lipinski definition) is 1. The van der Waals surface area contributed by atoms with E-state index in [4.69, 9.17) is 23.2 Å². The number of halogens is 2. The molecule has 1 aromatic carbocycles. The minimum atomic E-state index is 0.647. The Bertz CT molecular complexity index is 359. The van der Waals surface area contributed by atoms with Crippen LogP contribution in [-0.2, 0) is 6.42 Å². The van der Waals surface area contributed by atoms with E-state index in [2.05, 4.69) is 11.4 Å². The maximum atomic E-state index is 6.00. The first kappa shape index (κ1) is 13.2. The minimum Gasteiger partial charge on any atom is -0.317 e. The van der Waals surface area contributed by atoms with Gasteiger partial charge in [-0.3, -0.25) is 0 Å². The van der Waals surface area contributed by atoms with Gasteiger partial charge in [0.1, 0.15) is 0 Å². The Kier molecular flexibility index (Phi) is 5.15. The summed E-state index contributed by atoms with van der Waals surface area (Å²) in [6, 6.07) is 5.96. The number of piperidine rings is 1. The summed E-state index contributed by atoms with van der Waals surface area (Å²) < 4.78 is 0. The lowest BCUT2D eigenvalue weighted by molar-refractivity contribution is 0.347. The number of aryl methyl sites for hydroxylation is 1. The van der Waals surface area contributed by atoms with Gasteiger partial charge in [0, 0.05) is 0 Å². The molecule has 1 aliphatic heterocycles. The molecule has 0 bridgehead atoms. The largest absolute Gasteiger partial charge is 0.317 e. The van der Waals surface area contributed by atoms with Crippen LogP contribution in [0.1, 0.15) is 31.2 Å². The summed E-state index contributed by atoms with van der Waals surface area (Å²) >= 11 is 11.9. The van der Waals surface area contributed by atoms with Crippen LogP contribution in [0.2, 0.25) is 10.0 Å². The van der Waals surface area contributed by atoms with Gasteiger partial charge in [0.2, 0.25) is 0 Å². The fraction of sp³-hybridized carbons (Fsp3) is 0.571. The average molecular weight is 272 g/mol. The molecule has 1 fully saturated rings. The van der Waals surface area contributed by atoms with Crippen molar-refractivity contribution in [3.05, 3.63) is 33.8 Å². The van der Waals surface area contributed by atoms with E-state index >= 15 is 0 Å². The second-order valence-electron chi connectivity index (χ2n) is 4.83. The normalized spacial score (nSPS) is 17.3. The molecule has 0 saturated carbocycles. The van der Waals surface area contributed by atoms with Gasteiger partial charge in [-0.15, -0.1) is 0 Å². The summed E-state index contributed by atoms with van der Waals surface area (Å²) in [6.45, 7) is 2.38. The molecule has 1 aliphatic rings. The third-order valence-electron chi connectivity index (χ3n) is 3.52. The van der Waals surface area contributed by atoms with Gasteiger partial charge in [-0.05, 0) is 62.4 Å². The van der Waals surface area contributed by atoms with Crippen LogP contribution in [0.4, 0.5) is 0 Å². The van der Waals surface area contributed by atoms with E-state index in [1.54, 1.807) is 0 Å². The van der Waals surface area contributed by atoms with Gasteiger partial charge in [-0.25, -0.2) is 0 Å². The molecule has 3 heteroatoms. The molecule has 0 atom stereocenters. The van der Waals surface area contributed by atoms with E-state index in [1.165, 1.54) is 44.3 Å². The van der Waals surface area contributed by atoms with Crippen molar-refractivity contribution in [2.75, 3.05) is 13.1 Å². The van der Waals surface area contributed by atoms with E-state index in [0.717, 1.165) is 12.3 Å². The first-order valence-electron chi connectivity index (χ1n) is 6.40. The first-order chi connectivity index (χ1) is 8.25. The van der Waals surface area contributed by atoms with Crippen LogP contribution in [-0.4, -0.2) is 13.1 Å². The van der Waals surface area contributed by atoms with E-state index in [1.807, 2.05) is 12.1 Å². The minimum absolute atomic E-state index is 0.647. The van der Waals surface area contributed by atoms with Crippen LogP contribution >= 0.6 is 23.2 Å². The Balaban J connectivity index is 1.75. The topological polar surface area (TPSA) is 12.0 Å².